The Morgan fingerprint density at radius 2 is 2.18 bits per heavy atom. The van der Waals surface area contributed by atoms with Gasteiger partial charge in [0.1, 0.15) is 6.07 Å². The van der Waals surface area contributed by atoms with Gasteiger partial charge >= 0.3 is 0 Å². The number of nitrogens with one attached hydrogen (secondary N) is 1. The highest BCUT2D eigenvalue weighted by molar-refractivity contribution is 5.58. The highest BCUT2D eigenvalue weighted by Gasteiger charge is 2.19. The molecule has 0 amide bonds. The number of nitriles is 1. The van der Waals surface area contributed by atoms with Crippen LogP contribution in [-0.4, -0.2) is 26.2 Å². The maximum Gasteiger partial charge on any atom is 0.101 e. The van der Waals surface area contributed by atoms with E-state index in [2.05, 4.69) is 16.3 Å². The summed E-state index contributed by atoms with van der Waals surface area (Å²) >= 11 is 0. The zero-order chi connectivity index (χ0) is 12.1. The van der Waals surface area contributed by atoms with Crippen molar-refractivity contribution in [2.75, 3.05) is 25.0 Å². The van der Waals surface area contributed by atoms with Gasteiger partial charge in [-0.3, -0.25) is 0 Å². The lowest BCUT2D eigenvalue weighted by Gasteiger charge is -2.20. The van der Waals surface area contributed by atoms with E-state index in [1.54, 1.807) is 0 Å². The fraction of sp³-hybridized carbons (Fsp3) is 0.500. The van der Waals surface area contributed by atoms with Crippen LogP contribution < -0.4 is 10.2 Å². The summed E-state index contributed by atoms with van der Waals surface area (Å²) in [6.45, 7) is 2.06. The Balaban J connectivity index is 1.81. The van der Waals surface area contributed by atoms with Gasteiger partial charge in [0.15, 0.2) is 0 Å². The number of hydrogen-bond acceptors (Lipinski definition) is 3. The lowest BCUT2D eigenvalue weighted by molar-refractivity contribution is 0.642. The number of hydrogen-bond donors (Lipinski definition) is 1. The Morgan fingerprint density at radius 3 is 2.88 bits per heavy atom. The smallest absolute Gasteiger partial charge is 0.101 e. The average Bonchev–Trinajstić information content (AvgIpc) is 3.18. The lowest BCUT2D eigenvalue weighted by Crippen LogP contribution is -2.25. The van der Waals surface area contributed by atoms with Gasteiger partial charge in [0, 0.05) is 19.6 Å². The summed E-state index contributed by atoms with van der Waals surface area (Å²) in [7, 11) is 2.05. The number of benzene rings is 1. The summed E-state index contributed by atoms with van der Waals surface area (Å²) < 4.78 is 0. The van der Waals surface area contributed by atoms with Gasteiger partial charge in [-0.2, -0.15) is 5.26 Å². The summed E-state index contributed by atoms with van der Waals surface area (Å²) in [6.07, 6.45) is 3.80. The number of anilines is 1. The number of nitrogens with zero attached hydrogens (tertiary/aromatic N) is 2. The van der Waals surface area contributed by atoms with Crippen LogP contribution in [0.25, 0.3) is 0 Å². The van der Waals surface area contributed by atoms with Gasteiger partial charge in [-0.1, -0.05) is 12.1 Å². The molecule has 0 radical (unpaired) electrons. The van der Waals surface area contributed by atoms with Crippen molar-refractivity contribution in [3.05, 3.63) is 29.8 Å². The van der Waals surface area contributed by atoms with Crippen LogP contribution in [0.4, 0.5) is 5.69 Å². The van der Waals surface area contributed by atoms with E-state index >= 15 is 0 Å². The lowest BCUT2D eigenvalue weighted by atomic mass is 10.2. The van der Waals surface area contributed by atoms with Crippen molar-refractivity contribution in [1.82, 2.24) is 5.32 Å². The molecule has 0 saturated heterocycles. The van der Waals surface area contributed by atoms with Crippen LogP contribution >= 0.6 is 0 Å². The van der Waals surface area contributed by atoms with Crippen LogP contribution in [-0.2, 0) is 0 Å². The van der Waals surface area contributed by atoms with E-state index in [1.165, 1.54) is 12.8 Å². The molecule has 0 aliphatic heterocycles. The first-order valence-electron chi connectivity index (χ1n) is 6.25. The fourth-order valence-electron chi connectivity index (χ4n) is 1.93. The monoisotopic (exact) mass is 229 g/mol. The second-order valence-corrected chi connectivity index (χ2v) is 4.63. The first kappa shape index (κ1) is 11.9. The molecule has 2 rings (SSSR count). The van der Waals surface area contributed by atoms with Crippen molar-refractivity contribution in [1.29, 1.82) is 5.26 Å². The zero-order valence-electron chi connectivity index (χ0n) is 10.3. The Hall–Kier alpha value is -1.53. The van der Waals surface area contributed by atoms with Crippen LogP contribution in [0.1, 0.15) is 24.8 Å². The number of rotatable bonds is 6. The maximum atomic E-state index is 9.03. The van der Waals surface area contributed by atoms with Gasteiger partial charge < -0.3 is 10.2 Å². The Bertz CT molecular complexity index is 404. The van der Waals surface area contributed by atoms with Crippen molar-refractivity contribution in [2.45, 2.75) is 25.3 Å². The Kier molecular flexibility index (Phi) is 4.00. The van der Waals surface area contributed by atoms with Crippen LogP contribution in [0, 0.1) is 11.3 Å². The first-order chi connectivity index (χ1) is 8.31. The third-order valence-corrected chi connectivity index (χ3v) is 3.12. The van der Waals surface area contributed by atoms with E-state index in [-0.39, 0.29) is 0 Å². The minimum absolute atomic E-state index is 0.755. The molecule has 1 aliphatic carbocycles. The molecule has 17 heavy (non-hydrogen) atoms. The van der Waals surface area contributed by atoms with Gasteiger partial charge in [-0.05, 0) is 37.9 Å². The topological polar surface area (TPSA) is 39.1 Å². The predicted molar refractivity (Wildman–Crippen MR) is 70.1 cm³/mol. The quantitative estimate of drug-likeness (QED) is 0.760. The molecule has 1 aromatic carbocycles. The van der Waals surface area contributed by atoms with Gasteiger partial charge in [-0.25, -0.2) is 0 Å². The summed E-state index contributed by atoms with van der Waals surface area (Å²) in [6, 6.07) is 10.8. The molecule has 0 heterocycles. The standard InChI is InChI=1S/C14H19N3/c1-17(10-4-9-16-13-7-8-13)14-6-3-2-5-12(14)11-15/h2-3,5-6,13,16H,4,7-10H2,1H3. The van der Waals surface area contributed by atoms with E-state index < -0.39 is 0 Å². The Labute approximate surface area is 103 Å². The summed E-state index contributed by atoms with van der Waals surface area (Å²) in [4.78, 5) is 2.16. The molecule has 1 aromatic rings. The van der Waals surface area contributed by atoms with E-state index in [0.717, 1.165) is 36.8 Å². The molecule has 0 bridgehead atoms. The molecule has 0 unspecified atom stereocenters. The molecule has 1 aliphatic rings. The highest BCUT2D eigenvalue weighted by atomic mass is 15.1. The molecule has 3 heteroatoms. The third-order valence-electron chi connectivity index (χ3n) is 3.12. The molecule has 1 saturated carbocycles. The Morgan fingerprint density at radius 1 is 1.41 bits per heavy atom. The molecular weight excluding hydrogens is 210 g/mol. The van der Waals surface area contributed by atoms with Crippen molar-refractivity contribution < 1.29 is 0 Å². The molecule has 1 fully saturated rings. The van der Waals surface area contributed by atoms with Gasteiger partial charge in [-0.15, -0.1) is 0 Å². The molecule has 0 spiro atoms. The minimum atomic E-state index is 0.755. The summed E-state index contributed by atoms with van der Waals surface area (Å²) in [5.74, 6) is 0. The van der Waals surface area contributed by atoms with Crippen molar-refractivity contribution in [3.8, 4) is 6.07 Å². The SMILES string of the molecule is CN(CCCNC1CC1)c1ccccc1C#N. The van der Waals surface area contributed by atoms with E-state index in [9.17, 15) is 0 Å². The van der Waals surface area contributed by atoms with Crippen molar-refractivity contribution in [3.63, 3.8) is 0 Å². The summed E-state index contributed by atoms with van der Waals surface area (Å²) in [5.41, 5.74) is 1.78. The third kappa shape index (κ3) is 3.47. The molecule has 0 atom stereocenters. The van der Waals surface area contributed by atoms with E-state index in [0.29, 0.717) is 0 Å². The van der Waals surface area contributed by atoms with E-state index in [4.69, 9.17) is 5.26 Å². The molecule has 3 nitrogen and oxygen atoms in total. The largest absolute Gasteiger partial charge is 0.373 e. The molecule has 90 valence electrons. The molecule has 1 N–H and O–H groups in total. The average molecular weight is 229 g/mol. The van der Waals surface area contributed by atoms with Gasteiger partial charge in [0.05, 0.1) is 11.3 Å². The number of para-hydroxylation sites is 1. The van der Waals surface area contributed by atoms with Crippen molar-refractivity contribution in [2.24, 2.45) is 0 Å². The van der Waals surface area contributed by atoms with Crippen molar-refractivity contribution >= 4 is 5.69 Å². The van der Waals surface area contributed by atoms with Crippen LogP contribution in [0.5, 0.6) is 0 Å². The molecular formula is C14H19N3. The highest BCUT2D eigenvalue weighted by Crippen LogP contribution is 2.19. The van der Waals surface area contributed by atoms with Crippen LogP contribution in [0.15, 0.2) is 24.3 Å². The second kappa shape index (κ2) is 5.70. The molecule has 0 aromatic heterocycles. The second-order valence-electron chi connectivity index (χ2n) is 4.63. The first-order valence-corrected chi connectivity index (χ1v) is 6.25. The predicted octanol–water partition coefficient (Wildman–Crippen LogP) is 2.14. The normalized spacial score (nSPS) is 14.4. The van der Waals surface area contributed by atoms with Gasteiger partial charge in [0.2, 0.25) is 0 Å². The summed E-state index contributed by atoms with van der Waals surface area (Å²) in [5, 5.41) is 12.5. The van der Waals surface area contributed by atoms with E-state index in [1.807, 2.05) is 31.3 Å². The van der Waals surface area contributed by atoms with Crippen LogP contribution in [0.3, 0.4) is 0 Å². The fourth-order valence-corrected chi connectivity index (χ4v) is 1.93. The van der Waals surface area contributed by atoms with Gasteiger partial charge in [0.25, 0.3) is 0 Å². The zero-order valence-corrected chi connectivity index (χ0v) is 10.3. The minimum Gasteiger partial charge on any atom is -0.373 e. The maximum absolute atomic E-state index is 9.03. The van der Waals surface area contributed by atoms with Crippen LogP contribution in [0.2, 0.25) is 0 Å².